The van der Waals surface area contributed by atoms with Crippen molar-refractivity contribution in [1.29, 1.82) is 0 Å². The van der Waals surface area contributed by atoms with Crippen molar-refractivity contribution in [1.82, 2.24) is 5.32 Å². The van der Waals surface area contributed by atoms with Crippen molar-refractivity contribution in [3.63, 3.8) is 0 Å². The molecule has 2 amide bonds. The number of rotatable bonds is 3. The van der Waals surface area contributed by atoms with E-state index in [9.17, 15) is 9.59 Å². The molecule has 0 bridgehead atoms. The summed E-state index contributed by atoms with van der Waals surface area (Å²) in [5, 5.41) is 2.61. The molecule has 1 heterocycles. The molecule has 1 aromatic carbocycles. The average molecular weight is 310 g/mol. The molecule has 0 saturated heterocycles. The minimum Gasteiger partial charge on any atom is -0.330 e. The number of nitrogens with two attached hydrogens (primary N) is 1. The van der Waals surface area contributed by atoms with Gasteiger partial charge < -0.3 is 11.1 Å². The lowest BCUT2D eigenvalue weighted by molar-refractivity contribution is -0.129. The standard InChI is InChI=1S/C12H12BrN3O2/c13-8-3-1-7(2-4-8)10-11(17)15-9(5-6-14)16-12(10)18/h1-4,10H,5-6,14H2,(H,15,16,17,18). The molecule has 0 spiro atoms. The topological polar surface area (TPSA) is 84.5 Å². The minimum absolute atomic E-state index is 0.343. The number of nitrogens with one attached hydrogen (secondary N) is 1. The SMILES string of the molecule is NCCC1=NC(=O)C(c2ccc(Br)cc2)C(=O)N1. The molecule has 18 heavy (non-hydrogen) atoms. The molecule has 1 unspecified atom stereocenters. The summed E-state index contributed by atoms with van der Waals surface area (Å²) < 4.78 is 0.891. The summed E-state index contributed by atoms with van der Waals surface area (Å²) in [5.41, 5.74) is 6.00. The van der Waals surface area contributed by atoms with Crippen molar-refractivity contribution in [3.05, 3.63) is 34.3 Å². The fraction of sp³-hybridized carbons (Fsp3) is 0.250. The third-order valence-electron chi connectivity index (χ3n) is 2.61. The van der Waals surface area contributed by atoms with Crippen LogP contribution in [0, 0.1) is 0 Å². The third-order valence-corrected chi connectivity index (χ3v) is 3.13. The maximum atomic E-state index is 11.9. The fourth-order valence-electron chi connectivity index (χ4n) is 1.76. The Bertz CT molecular complexity index is 511. The first kappa shape index (κ1) is 12.9. The monoisotopic (exact) mass is 309 g/mol. The first-order chi connectivity index (χ1) is 8.61. The highest BCUT2D eigenvalue weighted by Crippen LogP contribution is 2.22. The van der Waals surface area contributed by atoms with Gasteiger partial charge in [0.2, 0.25) is 5.91 Å². The molecule has 0 fully saturated rings. The van der Waals surface area contributed by atoms with Crippen LogP contribution in [0.3, 0.4) is 0 Å². The summed E-state index contributed by atoms with van der Waals surface area (Å²) in [5.74, 6) is -1.30. The van der Waals surface area contributed by atoms with E-state index in [4.69, 9.17) is 5.73 Å². The van der Waals surface area contributed by atoms with Gasteiger partial charge in [-0.15, -0.1) is 0 Å². The molecule has 0 aliphatic carbocycles. The second-order valence-electron chi connectivity index (χ2n) is 3.91. The minimum atomic E-state index is -0.861. The van der Waals surface area contributed by atoms with Crippen molar-refractivity contribution in [2.75, 3.05) is 6.54 Å². The molecule has 1 aliphatic heterocycles. The van der Waals surface area contributed by atoms with Crippen molar-refractivity contribution < 1.29 is 9.59 Å². The van der Waals surface area contributed by atoms with Crippen LogP contribution in [-0.4, -0.2) is 24.2 Å². The third kappa shape index (κ3) is 2.65. The van der Waals surface area contributed by atoms with Crippen molar-refractivity contribution in [2.24, 2.45) is 10.7 Å². The number of halogens is 1. The Kier molecular flexibility index (Phi) is 3.88. The van der Waals surface area contributed by atoms with Gasteiger partial charge in [0.25, 0.3) is 5.91 Å². The van der Waals surface area contributed by atoms with E-state index in [0.29, 0.717) is 24.4 Å². The molecule has 1 aromatic rings. The maximum absolute atomic E-state index is 11.9. The first-order valence-corrected chi connectivity index (χ1v) is 6.29. The summed E-state index contributed by atoms with van der Waals surface area (Å²) in [6.45, 7) is 0.343. The summed E-state index contributed by atoms with van der Waals surface area (Å²) in [7, 11) is 0. The van der Waals surface area contributed by atoms with Gasteiger partial charge in [-0.05, 0) is 24.2 Å². The van der Waals surface area contributed by atoms with Crippen LogP contribution in [0.4, 0.5) is 0 Å². The maximum Gasteiger partial charge on any atom is 0.264 e. The molecule has 94 valence electrons. The molecule has 3 N–H and O–H groups in total. The Morgan fingerprint density at radius 1 is 1.28 bits per heavy atom. The van der Waals surface area contributed by atoms with Gasteiger partial charge in [0.05, 0.1) is 0 Å². The number of carbonyl (C=O) groups excluding carboxylic acids is 2. The zero-order valence-electron chi connectivity index (χ0n) is 9.52. The van der Waals surface area contributed by atoms with Crippen LogP contribution in [0.2, 0.25) is 0 Å². The molecule has 1 aliphatic rings. The predicted molar refractivity (Wildman–Crippen MR) is 71.1 cm³/mol. The number of aliphatic imine (C=N–C) groups is 1. The zero-order chi connectivity index (χ0) is 13.1. The van der Waals surface area contributed by atoms with E-state index in [1.54, 1.807) is 24.3 Å². The number of hydrogen-bond acceptors (Lipinski definition) is 3. The number of carbonyl (C=O) groups is 2. The van der Waals surface area contributed by atoms with Crippen molar-refractivity contribution >= 4 is 33.6 Å². The highest BCUT2D eigenvalue weighted by atomic mass is 79.9. The van der Waals surface area contributed by atoms with Gasteiger partial charge >= 0.3 is 0 Å². The van der Waals surface area contributed by atoms with Gasteiger partial charge in [-0.3, -0.25) is 9.59 Å². The van der Waals surface area contributed by atoms with Gasteiger partial charge in [0, 0.05) is 10.9 Å². The largest absolute Gasteiger partial charge is 0.330 e. The normalized spacial score (nSPS) is 19.4. The molecule has 1 atom stereocenters. The van der Waals surface area contributed by atoms with Crippen LogP contribution in [0.5, 0.6) is 0 Å². The summed E-state index contributed by atoms with van der Waals surface area (Å²) >= 11 is 3.30. The van der Waals surface area contributed by atoms with Crippen LogP contribution in [0.1, 0.15) is 17.9 Å². The summed E-state index contributed by atoms with van der Waals surface area (Å²) in [6, 6.07) is 7.04. The Balaban J connectivity index is 2.27. The van der Waals surface area contributed by atoms with Crippen LogP contribution < -0.4 is 11.1 Å². The number of amidine groups is 1. The molecule has 2 rings (SSSR count). The Morgan fingerprint density at radius 2 is 1.94 bits per heavy atom. The van der Waals surface area contributed by atoms with Gasteiger partial charge in [-0.2, -0.15) is 4.99 Å². The van der Waals surface area contributed by atoms with E-state index >= 15 is 0 Å². The fourth-order valence-corrected chi connectivity index (χ4v) is 2.02. The lowest BCUT2D eigenvalue weighted by atomic mass is 9.96. The van der Waals surface area contributed by atoms with Gasteiger partial charge in [-0.25, -0.2) is 0 Å². The quantitative estimate of drug-likeness (QED) is 0.815. The Morgan fingerprint density at radius 3 is 2.50 bits per heavy atom. The lowest BCUT2D eigenvalue weighted by Crippen LogP contribution is -2.43. The Labute approximate surface area is 113 Å². The van der Waals surface area contributed by atoms with E-state index in [2.05, 4.69) is 26.2 Å². The van der Waals surface area contributed by atoms with E-state index in [1.807, 2.05) is 0 Å². The molecule has 5 nitrogen and oxygen atoms in total. The molecule has 6 heteroatoms. The van der Waals surface area contributed by atoms with Crippen LogP contribution in [0.25, 0.3) is 0 Å². The number of amides is 2. The highest BCUT2D eigenvalue weighted by molar-refractivity contribution is 9.10. The van der Waals surface area contributed by atoms with E-state index in [-0.39, 0.29) is 5.91 Å². The predicted octanol–water partition coefficient (Wildman–Crippen LogP) is 0.936. The number of nitrogens with zero attached hydrogens (tertiary/aromatic N) is 1. The number of hydrogen-bond donors (Lipinski definition) is 2. The summed E-state index contributed by atoms with van der Waals surface area (Å²) in [6.07, 6.45) is 0.393. The average Bonchev–Trinajstić information content (AvgIpc) is 2.31. The van der Waals surface area contributed by atoms with Gasteiger partial charge in [0.1, 0.15) is 11.8 Å². The Hall–Kier alpha value is -1.53. The van der Waals surface area contributed by atoms with Crippen molar-refractivity contribution in [2.45, 2.75) is 12.3 Å². The van der Waals surface area contributed by atoms with Crippen LogP contribution in [0.15, 0.2) is 33.7 Å². The van der Waals surface area contributed by atoms with E-state index < -0.39 is 11.8 Å². The highest BCUT2D eigenvalue weighted by Gasteiger charge is 2.32. The smallest absolute Gasteiger partial charge is 0.264 e. The molecular weight excluding hydrogens is 298 g/mol. The molecule has 0 aromatic heterocycles. The van der Waals surface area contributed by atoms with Crippen LogP contribution >= 0.6 is 15.9 Å². The zero-order valence-corrected chi connectivity index (χ0v) is 11.1. The molecular formula is C12H12BrN3O2. The first-order valence-electron chi connectivity index (χ1n) is 5.49. The van der Waals surface area contributed by atoms with Crippen molar-refractivity contribution in [3.8, 4) is 0 Å². The van der Waals surface area contributed by atoms with E-state index in [1.165, 1.54) is 0 Å². The van der Waals surface area contributed by atoms with Crippen LogP contribution in [-0.2, 0) is 9.59 Å². The molecule has 0 radical (unpaired) electrons. The lowest BCUT2D eigenvalue weighted by Gasteiger charge is -2.20. The number of benzene rings is 1. The summed E-state index contributed by atoms with van der Waals surface area (Å²) in [4.78, 5) is 27.6. The van der Waals surface area contributed by atoms with Gasteiger partial charge in [-0.1, -0.05) is 28.1 Å². The van der Waals surface area contributed by atoms with Gasteiger partial charge in [0.15, 0.2) is 0 Å². The molecule has 0 saturated carbocycles. The van der Waals surface area contributed by atoms with E-state index in [0.717, 1.165) is 4.47 Å². The second-order valence-corrected chi connectivity index (χ2v) is 4.82. The second kappa shape index (κ2) is 5.41.